The number of benzene rings is 1. The van der Waals surface area contributed by atoms with Crippen molar-refractivity contribution in [3.63, 3.8) is 0 Å². The van der Waals surface area contributed by atoms with Crippen molar-refractivity contribution in [2.75, 3.05) is 19.3 Å². The third kappa shape index (κ3) is 3.99. The molecule has 1 aromatic rings. The van der Waals surface area contributed by atoms with Crippen LogP contribution in [0.4, 0.5) is 0 Å². The molecule has 2 fully saturated rings. The fourth-order valence-corrected chi connectivity index (χ4v) is 4.99. The Hall–Kier alpha value is -1.38. The molecule has 1 aliphatic heterocycles. The van der Waals surface area contributed by atoms with E-state index in [4.69, 9.17) is 0 Å². The van der Waals surface area contributed by atoms with Crippen LogP contribution in [-0.2, 0) is 10.0 Å². The van der Waals surface area contributed by atoms with Crippen LogP contribution in [0.25, 0.3) is 0 Å². The normalized spacial score (nSPS) is 26.7. The molecule has 130 valence electrons. The van der Waals surface area contributed by atoms with Crippen molar-refractivity contribution in [1.82, 2.24) is 4.31 Å². The highest BCUT2D eigenvalue weighted by Crippen LogP contribution is 2.52. The molecular formula is C19H26N2O2S. The third-order valence-corrected chi connectivity index (χ3v) is 7.21. The van der Waals surface area contributed by atoms with Gasteiger partial charge in [-0.25, -0.2) is 12.7 Å². The van der Waals surface area contributed by atoms with Gasteiger partial charge >= 0.3 is 0 Å². The second-order valence-electron chi connectivity index (χ2n) is 7.55. The molecule has 0 bridgehead atoms. The van der Waals surface area contributed by atoms with Crippen LogP contribution >= 0.6 is 0 Å². The van der Waals surface area contributed by atoms with Crippen LogP contribution in [0.2, 0.25) is 0 Å². The van der Waals surface area contributed by atoms with Crippen molar-refractivity contribution in [2.24, 2.45) is 11.3 Å². The summed E-state index contributed by atoms with van der Waals surface area (Å²) in [5.41, 5.74) is 1.45. The molecule has 0 radical (unpaired) electrons. The predicted molar refractivity (Wildman–Crippen MR) is 94.8 cm³/mol. The van der Waals surface area contributed by atoms with Gasteiger partial charge in [0.15, 0.2) is 0 Å². The van der Waals surface area contributed by atoms with Gasteiger partial charge < -0.3 is 0 Å². The van der Waals surface area contributed by atoms with E-state index < -0.39 is 10.0 Å². The lowest BCUT2D eigenvalue weighted by Gasteiger charge is -2.39. The van der Waals surface area contributed by atoms with E-state index in [0.29, 0.717) is 25.4 Å². The lowest BCUT2D eigenvalue weighted by atomic mass is 9.72. The van der Waals surface area contributed by atoms with Gasteiger partial charge in [0.2, 0.25) is 10.0 Å². The van der Waals surface area contributed by atoms with Crippen LogP contribution in [0.5, 0.6) is 0 Å². The fourth-order valence-electron chi connectivity index (χ4n) is 4.14. The Kier molecular flexibility index (Phi) is 4.98. The number of hydrogen-bond acceptors (Lipinski definition) is 3. The lowest BCUT2D eigenvalue weighted by molar-refractivity contribution is 0.140. The second kappa shape index (κ2) is 6.85. The Morgan fingerprint density at radius 3 is 2.50 bits per heavy atom. The van der Waals surface area contributed by atoms with Crippen molar-refractivity contribution in [3.05, 3.63) is 35.9 Å². The highest BCUT2D eigenvalue weighted by Gasteiger charge is 2.42. The standard InChI is InChI=1S/C19H26N2O2S/c1-24(22,23)21-13-10-19(9-12-20,11-14-21)8-7-17-15-18(17)16-5-3-2-4-6-16/h2-6,17-18H,7-11,13-15H2,1H3. The number of sulfonamides is 1. The minimum atomic E-state index is -3.10. The van der Waals surface area contributed by atoms with E-state index in [1.165, 1.54) is 18.2 Å². The van der Waals surface area contributed by atoms with Crippen LogP contribution in [-0.4, -0.2) is 32.1 Å². The first kappa shape index (κ1) is 17.4. The van der Waals surface area contributed by atoms with E-state index in [2.05, 4.69) is 36.4 Å². The number of piperidine rings is 1. The summed E-state index contributed by atoms with van der Waals surface area (Å²) in [4.78, 5) is 0. The zero-order valence-electron chi connectivity index (χ0n) is 14.3. The molecule has 1 saturated heterocycles. The smallest absolute Gasteiger partial charge is 0.211 e. The monoisotopic (exact) mass is 346 g/mol. The molecule has 1 aromatic carbocycles. The van der Waals surface area contributed by atoms with Crippen molar-refractivity contribution in [3.8, 4) is 6.07 Å². The largest absolute Gasteiger partial charge is 0.213 e. The summed E-state index contributed by atoms with van der Waals surface area (Å²) in [5, 5.41) is 9.24. The molecule has 3 rings (SSSR count). The van der Waals surface area contributed by atoms with E-state index >= 15 is 0 Å². The van der Waals surface area contributed by atoms with Crippen molar-refractivity contribution in [2.45, 2.75) is 44.4 Å². The maximum absolute atomic E-state index is 11.7. The van der Waals surface area contributed by atoms with Crippen molar-refractivity contribution in [1.29, 1.82) is 5.26 Å². The number of rotatable bonds is 6. The van der Waals surface area contributed by atoms with Gasteiger partial charge in [-0.3, -0.25) is 0 Å². The summed E-state index contributed by atoms with van der Waals surface area (Å²) >= 11 is 0. The van der Waals surface area contributed by atoms with E-state index in [-0.39, 0.29) is 5.41 Å². The Labute approximate surface area is 145 Å². The quantitative estimate of drug-likeness (QED) is 0.792. The van der Waals surface area contributed by atoms with Crippen LogP contribution < -0.4 is 0 Å². The van der Waals surface area contributed by atoms with E-state index in [1.807, 2.05) is 0 Å². The number of nitrogens with zero attached hydrogens (tertiary/aromatic N) is 2. The fraction of sp³-hybridized carbons (Fsp3) is 0.632. The highest BCUT2D eigenvalue weighted by atomic mass is 32.2. The molecule has 0 N–H and O–H groups in total. The van der Waals surface area contributed by atoms with Gasteiger partial charge in [-0.1, -0.05) is 30.3 Å². The molecule has 1 saturated carbocycles. The first-order chi connectivity index (χ1) is 11.4. The van der Waals surface area contributed by atoms with Gasteiger partial charge in [-0.05, 0) is 54.9 Å². The molecule has 2 aliphatic rings. The zero-order valence-corrected chi connectivity index (χ0v) is 15.1. The average molecular weight is 346 g/mol. The van der Waals surface area contributed by atoms with Crippen LogP contribution in [0.15, 0.2) is 30.3 Å². The molecule has 1 heterocycles. The van der Waals surface area contributed by atoms with Gasteiger partial charge in [0.1, 0.15) is 0 Å². The molecule has 0 amide bonds. The topological polar surface area (TPSA) is 61.2 Å². The number of nitriles is 1. The summed E-state index contributed by atoms with van der Waals surface area (Å²) in [6.07, 6.45) is 6.91. The van der Waals surface area contributed by atoms with Crippen LogP contribution in [0, 0.1) is 22.7 Å². The molecule has 2 atom stereocenters. The van der Waals surface area contributed by atoms with Crippen molar-refractivity contribution < 1.29 is 8.42 Å². The van der Waals surface area contributed by atoms with Gasteiger partial charge in [0, 0.05) is 19.5 Å². The summed E-state index contributed by atoms with van der Waals surface area (Å²) in [6.45, 7) is 1.13. The summed E-state index contributed by atoms with van der Waals surface area (Å²) in [5.74, 6) is 1.41. The van der Waals surface area contributed by atoms with Gasteiger partial charge in [-0.15, -0.1) is 0 Å². The Balaban J connectivity index is 1.55. The molecule has 5 heteroatoms. The van der Waals surface area contributed by atoms with Crippen molar-refractivity contribution >= 4 is 10.0 Å². The first-order valence-corrected chi connectivity index (χ1v) is 10.7. The second-order valence-corrected chi connectivity index (χ2v) is 9.53. The molecule has 0 spiro atoms. The molecule has 24 heavy (non-hydrogen) atoms. The third-order valence-electron chi connectivity index (χ3n) is 5.90. The lowest BCUT2D eigenvalue weighted by Crippen LogP contribution is -2.42. The minimum Gasteiger partial charge on any atom is -0.213 e. The predicted octanol–water partition coefficient (Wildman–Crippen LogP) is 3.53. The average Bonchev–Trinajstić information content (AvgIpc) is 3.34. The Morgan fingerprint density at radius 2 is 1.92 bits per heavy atom. The van der Waals surface area contributed by atoms with Gasteiger partial charge in [0.25, 0.3) is 0 Å². The van der Waals surface area contributed by atoms with Crippen LogP contribution in [0.1, 0.15) is 50.0 Å². The van der Waals surface area contributed by atoms with E-state index in [9.17, 15) is 13.7 Å². The summed E-state index contributed by atoms with van der Waals surface area (Å²) in [7, 11) is -3.10. The van der Waals surface area contributed by atoms with Gasteiger partial charge in [-0.2, -0.15) is 5.26 Å². The maximum Gasteiger partial charge on any atom is 0.211 e. The summed E-state index contributed by atoms with van der Waals surface area (Å²) in [6, 6.07) is 13.0. The maximum atomic E-state index is 11.7. The van der Waals surface area contributed by atoms with E-state index in [0.717, 1.165) is 31.6 Å². The molecule has 0 aromatic heterocycles. The van der Waals surface area contributed by atoms with E-state index in [1.54, 1.807) is 4.31 Å². The van der Waals surface area contributed by atoms with Gasteiger partial charge in [0.05, 0.1) is 12.3 Å². The first-order valence-electron chi connectivity index (χ1n) is 8.81. The Bertz CT molecular complexity index is 701. The highest BCUT2D eigenvalue weighted by molar-refractivity contribution is 7.88. The molecule has 2 unspecified atom stereocenters. The number of hydrogen-bond donors (Lipinski definition) is 0. The molecule has 4 nitrogen and oxygen atoms in total. The molecular weight excluding hydrogens is 320 g/mol. The minimum absolute atomic E-state index is 0.0137. The summed E-state index contributed by atoms with van der Waals surface area (Å²) < 4.78 is 24.9. The van der Waals surface area contributed by atoms with Crippen LogP contribution in [0.3, 0.4) is 0 Å². The molecule has 1 aliphatic carbocycles. The Morgan fingerprint density at radius 1 is 1.25 bits per heavy atom. The SMILES string of the molecule is CS(=O)(=O)N1CCC(CC#N)(CCC2CC2c2ccccc2)CC1. The zero-order chi connectivity index (χ0) is 17.2.